The normalized spacial score (nSPS) is 15.2. The van der Waals surface area contributed by atoms with Crippen molar-refractivity contribution in [3.05, 3.63) is 53.3 Å². The number of carbonyl (C=O) groups is 1. The van der Waals surface area contributed by atoms with Crippen LogP contribution in [0.25, 0.3) is 0 Å². The maximum absolute atomic E-state index is 13.0. The summed E-state index contributed by atoms with van der Waals surface area (Å²) in [5.74, 6) is 0.615. The van der Waals surface area contributed by atoms with Crippen molar-refractivity contribution in [1.82, 2.24) is 19.8 Å². The molecule has 27 heavy (non-hydrogen) atoms. The van der Waals surface area contributed by atoms with E-state index in [0.29, 0.717) is 18.2 Å². The van der Waals surface area contributed by atoms with Gasteiger partial charge in [0.2, 0.25) is 5.95 Å². The summed E-state index contributed by atoms with van der Waals surface area (Å²) in [4.78, 5) is 28.5. The van der Waals surface area contributed by atoms with Crippen molar-refractivity contribution in [3.63, 3.8) is 0 Å². The largest absolute Gasteiger partial charge is 0.335 e. The zero-order valence-electron chi connectivity index (χ0n) is 16.7. The molecule has 1 aromatic heterocycles. The topological polar surface area (TPSA) is 52.6 Å². The summed E-state index contributed by atoms with van der Waals surface area (Å²) in [6.07, 6.45) is 0. The van der Waals surface area contributed by atoms with E-state index < -0.39 is 0 Å². The number of likely N-dealkylation sites (N-methyl/N-ethyl adjacent to an activating group) is 1. The van der Waals surface area contributed by atoms with Crippen molar-refractivity contribution in [2.45, 2.75) is 33.4 Å². The zero-order valence-corrected chi connectivity index (χ0v) is 16.7. The van der Waals surface area contributed by atoms with Gasteiger partial charge in [-0.05, 0) is 39.4 Å². The van der Waals surface area contributed by atoms with Crippen LogP contribution in [0.2, 0.25) is 0 Å². The highest BCUT2D eigenvalue weighted by molar-refractivity contribution is 5.92. The fraction of sp³-hybridized carbons (Fsp3) is 0.476. The second-order valence-corrected chi connectivity index (χ2v) is 7.50. The van der Waals surface area contributed by atoms with Crippen molar-refractivity contribution in [2.75, 3.05) is 38.1 Å². The third kappa shape index (κ3) is 4.83. The molecule has 0 unspecified atom stereocenters. The molecular weight excluding hydrogens is 338 g/mol. The van der Waals surface area contributed by atoms with Gasteiger partial charge < -0.3 is 14.7 Å². The van der Waals surface area contributed by atoms with E-state index in [-0.39, 0.29) is 11.9 Å². The maximum atomic E-state index is 13.0. The lowest BCUT2D eigenvalue weighted by molar-refractivity contribution is 0.0658. The van der Waals surface area contributed by atoms with Gasteiger partial charge in [-0.25, -0.2) is 9.97 Å². The van der Waals surface area contributed by atoms with Crippen LogP contribution in [-0.4, -0.2) is 64.9 Å². The number of hydrogen-bond donors (Lipinski definition) is 0. The minimum absolute atomic E-state index is 0.00160. The Hall–Kier alpha value is -2.47. The van der Waals surface area contributed by atoms with Gasteiger partial charge in [-0.1, -0.05) is 30.3 Å². The highest BCUT2D eigenvalue weighted by Crippen LogP contribution is 2.18. The van der Waals surface area contributed by atoms with Gasteiger partial charge in [0.05, 0.1) is 0 Å². The second-order valence-electron chi connectivity index (χ2n) is 7.50. The number of hydrogen-bond acceptors (Lipinski definition) is 5. The summed E-state index contributed by atoms with van der Waals surface area (Å²) in [5.41, 5.74) is 2.50. The van der Waals surface area contributed by atoms with E-state index in [2.05, 4.69) is 52.8 Å². The molecule has 0 spiro atoms. The van der Waals surface area contributed by atoms with Crippen LogP contribution in [0.5, 0.6) is 0 Å². The summed E-state index contributed by atoms with van der Waals surface area (Å²) >= 11 is 0. The number of benzene rings is 1. The van der Waals surface area contributed by atoms with Crippen LogP contribution in [0.15, 0.2) is 36.4 Å². The van der Waals surface area contributed by atoms with Gasteiger partial charge in [-0.2, -0.15) is 0 Å². The molecule has 0 saturated carbocycles. The van der Waals surface area contributed by atoms with Gasteiger partial charge in [0.25, 0.3) is 5.91 Å². The monoisotopic (exact) mass is 367 g/mol. The van der Waals surface area contributed by atoms with Gasteiger partial charge in [0.15, 0.2) is 0 Å². The molecule has 0 atom stereocenters. The predicted octanol–water partition coefficient (Wildman–Crippen LogP) is 2.59. The number of nitrogens with zero attached hydrogens (tertiary/aromatic N) is 5. The maximum Gasteiger partial charge on any atom is 0.272 e. The van der Waals surface area contributed by atoms with Gasteiger partial charge in [0.1, 0.15) is 5.69 Å². The quantitative estimate of drug-likeness (QED) is 0.813. The van der Waals surface area contributed by atoms with Crippen LogP contribution >= 0.6 is 0 Å². The van der Waals surface area contributed by atoms with Crippen LogP contribution in [0.4, 0.5) is 5.95 Å². The number of carbonyl (C=O) groups excluding carboxylic acids is 1. The highest BCUT2D eigenvalue weighted by Gasteiger charge is 2.23. The van der Waals surface area contributed by atoms with E-state index in [1.165, 1.54) is 5.56 Å². The van der Waals surface area contributed by atoms with E-state index in [0.717, 1.165) is 31.9 Å². The Bertz CT molecular complexity index is 769. The molecule has 3 rings (SSSR count). The lowest BCUT2D eigenvalue weighted by Gasteiger charge is -2.32. The number of anilines is 1. The van der Waals surface area contributed by atoms with Crippen molar-refractivity contribution >= 4 is 11.9 Å². The fourth-order valence-electron chi connectivity index (χ4n) is 3.23. The first kappa shape index (κ1) is 19.3. The molecular formula is C21H29N5O. The summed E-state index contributed by atoms with van der Waals surface area (Å²) in [6, 6.07) is 12.3. The molecule has 2 heterocycles. The van der Waals surface area contributed by atoms with Crippen LogP contribution in [-0.2, 0) is 6.54 Å². The van der Waals surface area contributed by atoms with Gasteiger partial charge in [-0.3, -0.25) is 4.79 Å². The van der Waals surface area contributed by atoms with Crippen LogP contribution in [0.3, 0.4) is 0 Å². The molecule has 0 radical (unpaired) electrons. The number of aromatic nitrogens is 2. The number of amides is 1. The Balaban J connectivity index is 1.85. The molecule has 1 aliphatic rings. The van der Waals surface area contributed by atoms with Crippen molar-refractivity contribution in [3.8, 4) is 0 Å². The highest BCUT2D eigenvalue weighted by atomic mass is 16.2. The summed E-state index contributed by atoms with van der Waals surface area (Å²) < 4.78 is 0. The first-order chi connectivity index (χ1) is 12.9. The fourth-order valence-corrected chi connectivity index (χ4v) is 3.23. The molecule has 6 nitrogen and oxygen atoms in total. The standard InChI is InChI=1S/C21H29N5O/c1-16(2)26(15-18-8-6-5-7-9-18)21-22-17(3)14-19(23-21)20(27)25-12-10-24(4)11-13-25/h5-9,14,16H,10-13,15H2,1-4H3. The third-order valence-corrected chi connectivity index (χ3v) is 4.93. The van der Waals surface area contributed by atoms with Gasteiger partial charge in [0, 0.05) is 44.5 Å². The second kappa shape index (κ2) is 8.48. The Morgan fingerprint density at radius 2 is 1.78 bits per heavy atom. The van der Waals surface area contributed by atoms with E-state index in [1.54, 1.807) is 6.07 Å². The van der Waals surface area contributed by atoms with E-state index in [9.17, 15) is 4.79 Å². The molecule has 2 aromatic rings. The molecule has 1 amide bonds. The van der Waals surface area contributed by atoms with E-state index in [4.69, 9.17) is 0 Å². The van der Waals surface area contributed by atoms with Crippen LogP contribution in [0.1, 0.15) is 35.6 Å². The van der Waals surface area contributed by atoms with Crippen molar-refractivity contribution in [2.24, 2.45) is 0 Å². The SMILES string of the molecule is Cc1cc(C(=O)N2CCN(C)CC2)nc(N(Cc2ccccc2)C(C)C)n1. The molecule has 1 aliphatic heterocycles. The molecule has 0 aliphatic carbocycles. The Kier molecular flexibility index (Phi) is 6.06. The molecule has 1 aromatic carbocycles. The Labute approximate surface area is 161 Å². The van der Waals surface area contributed by atoms with Gasteiger partial charge in [-0.15, -0.1) is 0 Å². The van der Waals surface area contributed by atoms with E-state index >= 15 is 0 Å². The number of piperazine rings is 1. The Morgan fingerprint density at radius 1 is 1.11 bits per heavy atom. The van der Waals surface area contributed by atoms with Gasteiger partial charge >= 0.3 is 0 Å². The molecule has 1 fully saturated rings. The predicted molar refractivity (Wildman–Crippen MR) is 108 cm³/mol. The van der Waals surface area contributed by atoms with E-state index in [1.807, 2.05) is 30.0 Å². The first-order valence-corrected chi connectivity index (χ1v) is 9.58. The Morgan fingerprint density at radius 3 is 2.41 bits per heavy atom. The smallest absolute Gasteiger partial charge is 0.272 e. The van der Waals surface area contributed by atoms with Crippen LogP contribution < -0.4 is 4.90 Å². The summed E-state index contributed by atoms with van der Waals surface area (Å²) in [5, 5.41) is 0. The first-order valence-electron chi connectivity index (χ1n) is 9.58. The van der Waals surface area contributed by atoms with Crippen molar-refractivity contribution in [1.29, 1.82) is 0 Å². The lowest BCUT2D eigenvalue weighted by atomic mass is 10.2. The zero-order chi connectivity index (χ0) is 19.4. The molecule has 1 saturated heterocycles. The summed E-state index contributed by atoms with van der Waals surface area (Å²) in [7, 11) is 2.08. The molecule has 144 valence electrons. The molecule has 0 N–H and O–H groups in total. The third-order valence-electron chi connectivity index (χ3n) is 4.93. The van der Waals surface area contributed by atoms with Crippen LogP contribution in [0, 0.1) is 6.92 Å². The minimum Gasteiger partial charge on any atom is -0.335 e. The summed E-state index contributed by atoms with van der Waals surface area (Å²) in [6.45, 7) is 10.2. The average Bonchev–Trinajstić information content (AvgIpc) is 2.66. The average molecular weight is 367 g/mol. The number of rotatable bonds is 5. The number of aryl methyl sites for hydroxylation is 1. The lowest BCUT2D eigenvalue weighted by Crippen LogP contribution is -2.47. The minimum atomic E-state index is -0.00160. The van der Waals surface area contributed by atoms with Crippen molar-refractivity contribution < 1.29 is 4.79 Å². The molecule has 0 bridgehead atoms. The molecule has 6 heteroatoms.